The molecule has 0 amide bonds. The number of aromatic nitrogens is 2. The normalized spacial score (nSPS) is 10.8. The van der Waals surface area contributed by atoms with Crippen molar-refractivity contribution in [2.24, 2.45) is 7.05 Å². The van der Waals surface area contributed by atoms with Crippen molar-refractivity contribution in [1.29, 1.82) is 0 Å². The fraction of sp³-hybridized carbons (Fsp3) is 0.357. The molecule has 0 aliphatic rings. The first-order chi connectivity index (χ1) is 8.16. The summed E-state index contributed by atoms with van der Waals surface area (Å²) in [6, 6.07) is 8.46. The van der Waals surface area contributed by atoms with Crippen molar-refractivity contribution in [3.63, 3.8) is 0 Å². The predicted octanol–water partition coefficient (Wildman–Crippen LogP) is 3.16. The van der Waals surface area contributed by atoms with Crippen molar-refractivity contribution in [3.05, 3.63) is 47.8 Å². The number of nitrogens with one attached hydrogen (secondary N) is 1. The Morgan fingerprint density at radius 3 is 2.71 bits per heavy atom. The van der Waals surface area contributed by atoms with E-state index in [1.54, 1.807) is 0 Å². The number of benzene rings is 1. The number of hydrogen-bond donors (Lipinski definition) is 1. The Morgan fingerprint density at radius 2 is 2.06 bits per heavy atom. The van der Waals surface area contributed by atoms with Crippen molar-refractivity contribution >= 4 is 5.69 Å². The quantitative estimate of drug-likeness (QED) is 0.872. The molecule has 0 aliphatic carbocycles. The summed E-state index contributed by atoms with van der Waals surface area (Å²) in [7, 11) is 1.94. The standard InChI is InChI=1S/C14H19N3/c1-11(2)13-6-4-5-7-14(13)15-8-12-9-16-17(3)10-12/h4-7,9-11,15H,8H2,1-3H3. The van der Waals surface area contributed by atoms with E-state index in [1.807, 2.05) is 24.1 Å². The lowest BCUT2D eigenvalue weighted by Crippen LogP contribution is -2.02. The largest absolute Gasteiger partial charge is 0.381 e. The van der Waals surface area contributed by atoms with Crippen LogP contribution in [-0.4, -0.2) is 9.78 Å². The topological polar surface area (TPSA) is 29.9 Å². The van der Waals surface area contributed by atoms with Crippen LogP contribution in [0.2, 0.25) is 0 Å². The Morgan fingerprint density at radius 1 is 1.29 bits per heavy atom. The van der Waals surface area contributed by atoms with Gasteiger partial charge in [-0.2, -0.15) is 5.10 Å². The summed E-state index contributed by atoms with van der Waals surface area (Å²) in [5.74, 6) is 0.535. The molecule has 0 bridgehead atoms. The first-order valence-corrected chi connectivity index (χ1v) is 5.97. The van der Waals surface area contributed by atoms with Gasteiger partial charge in [0.1, 0.15) is 0 Å². The predicted molar refractivity (Wildman–Crippen MR) is 71.1 cm³/mol. The van der Waals surface area contributed by atoms with Crippen molar-refractivity contribution in [2.45, 2.75) is 26.3 Å². The molecule has 0 spiro atoms. The maximum absolute atomic E-state index is 4.16. The monoisotopic (exact) mass is 229 g/mol. The molecule has 0 fully saturated rings. The minimum atomic E-state index is 0.535. The molecular formula is C14H19N3. The minimum Gasteiger partial charge on any atom is -0.381 e. The number of para-hydroxylation sites is 1. The van der Waals surface area contributed by atoms with Gasteiger partial charge in [0.05, 0.1) is 6.20 Å². The van der Waals surface area contributed by atoms with Crippen molar-refractivity contribution in [1.82, 2.24) is 9.78 Å². The van der Waals surface area contributed by atoms with E-state index in [-0.39, 0.29) is 0 Å². The Hall–Kier alpha value is -1.77. The molecule has 0 saturated heterocycles. The molecule has 1 N–H and O–H groups in total. The molecule has 2 aromatic rings. The van der Waals surface area contributed by atoms with Crippen LogP contribution in [0, 0.1) is 0 Å². The molecule has 2 rings (SSSR count). The lowest BCUT2D eigenvalue weighted by molar-refractivity contribution is 0.767. The van der Waals surface area contributed by atoms with Crippen LogP contribution >= 0.6 is 0 Å². The molecule has 0 saturated carbocycles. The second kappa shape index (κ2) is 5.04. The third-order valence-corrected chi connectivity index (χ3v) is 2.82. The lowest BCUT2D eigenvalue weighted by Gasteiger charge is -2.13. The van der Waals surface area contributed by atoms with E-state index in [9.17, 15) is 0 Å². The van der Waals surface area contributed by atoms with Crippen LogP contribution in [0.4, 0.5) is 5.69 Å². The fourth-order valence-electron chi connectivity index (χ4n) is 1.92. The highest BCUT2D eigenvalue weighted by Crippen LogP contribution is 2.23. The van der Waals surface area contributed by atoms with Gasteiger partial charge in [-0.25, -0.2) is 0 Å². The molecule has 17 heavy (non-hydrogen) atoms. The molecule has 1 aromatic carbocycles. The number of rotatable bonds is 4. The van der Waals surface area contributed by atoms with Gasteiger partial charge in [0, 0.05) is 31.0 Å². The van der Waals surface area contributed by atoms with E-state index >= 15 is 0 Å². The van der Waals surface area contributed by atoms with Gasteiger partial charge >= 0.3 is 0 Å². The summed E-state index contributed by atoms with van der Waals surface area (Å²) < 4.78 is 1.82. The van der Waals surface area contributed by atoms with E-state index < -0.39 is 0 Å². The smallest absolute Gasteiger partial charge is 0.0539 e. The second-order valence-electron chi connectivity index (χ2n) is 4.62. The summed E-state index contributed by atoms with van der Waals surface area (Å²) in [6.07, 6.45) is 3.93. The van der Waals surface area contributed by atoms with Crippen LogP contribution in [0.1, 0.15) is 30.9 Å². The first kappa shape index (κ1) is 11.7. The van der Waals surface area contributed by atoms with Gasteiger partial charge in [0.15, 0.2) is 0 Å². The number of anilines is 1. The molecule has 0 aliphatic heterocycles. The third kappa shape index (κ3) is 2.87. The SMILES string of the molecule is CC(C)c1ccccc1NCc1cnn(C)c1. The van der Waals surface area contributed by atoms with Crippen LogP contribution in [-0.2, 0) is 13.6 Å². The van der Waals surface area contributed by atoms with E-state index in [0.29, 0.717) is 5.92 Å². The van der Waals surface area contributed by atoms with Gasteiger partial charge in [-0.15, -0.1) is 0 Å². The molecule has 3 nitrogen and oxygen atoms in total. The highest BCUT2D eigenvalue weighted by atomic mass is 15.2. The van der Waals surface area contributed by atoms with Crippen LogP contribution in [0.25, 0.3) is 0 Å². The average molecular weight is 229 g/mol. The van der Waals surface area contributed by atoms with Crippen LogP contribution < -0.4 is 5.32 Å². The summed E-state index contributed by atoms with van der Waals surface area (Å²) in [4.78, 5) is 0. The van der Waals surface area contributed by atoms with Gasteiger partial charge < -0.3 is 5.32 Å². The molecule has 90 valence electrons. The summed E-state index contributed by atoms with van der Waals surface area (Å²) >= 11 is 0. The van der Waals surface area contributed by atoms with E-state index in [4.69, 9.17) is 0 Å². The van der Waals surface area contributed by atoms with E-state index in [1.165, 1.54) is 16.8 Å². The molecule has 0 radical (unpaired) electrons. The Labute approximate surface area is 102 Å². The number of hydrogen-bond acceptors (Lipinski definition) is 2. The van der Waals surface area contributed by atoms with Gasteiger partial charge in [-0.3, -0.25) is 4.68 Å². The highest BCUT2D eigenvalue weighted by Gasteiger charge is 2.05. The summed E-state index contributed by atoms with van der Waals surface area (Å²) in [6.45, 7) is 5.24. The van der Waals surface area contributed by atoms with Crippen molar-refractivity contribution in [3.8, 4) is 0 Å². The number of nitrogens with zero attached hydrogens (tertiary/aromatic N) is 2. The molecule has 1 aromatic heterocycles. The van der Waals surface area contributed by atoms with Gasteiger partial charge in [-0.1, -0.05) is 32.0 Å². The Kier molecular flexibility index (Phi) is 3.47. The molecule has 0 unspecified atom stereocenters. The fourth-order valence-corrected chi connectivity index (χ4v) is 1.92. The Balaban J connectivity index is 2.08. The maximum Gasteiger partial charge on any atom is 0.0539 e. The minimum absolute atomic E-state index is 0.535. The van der Waals surface area contributed by atoms with E-state index in [0.717, 1.165) is 6.54 Å². The second-order valence-corrected chi connectivity index (χ2v) is 4.62. The van der Waals surface area contributed by atoms with Crippen molar-refractivity contribution in [2.75, 3.05) is 5.32 Å². The third-order valence-electron chi connectivity index (χ3n) is 2.82. The van der Waals surface area contributed by atoms with E-state index in [2.05, 4.69) is 48.5 Å². The first-order valence-electron chi connectivity index (χ1n) is 5.97. The average Bonchev–Trinajstić information content (AvgIpc) is 2.73. The molecular weight excluding hydrogens is 210 g/mol. The summed E-state index contributed by atoms with van der Waals surface area (Å²) in [5.41, 5.74) is 3.77. The highest BCUT2D eigenvalue weighted by molar-refractivity contribution is 5.52. The van der Waals surface area contributed by atoms with Gasteiger partial charge in [-0.05, 0) is 17.5 Å². The van der Waals surface area contributed by atoms with Crippen LogP contribution in [0.5, 0.6) is 0 Å². The molecule has 0 atom stereocenters. The van der Waals surface area contributed by atoms with Crippen LogP contribution in [0.15, 0.2) is 36.7 Å². The maximum atomic E-state index is 4.16. The van der Waals surface area contributed by atoms with Crippen LogP contribution in [0.3, 0.4) is 0 Å². The zero-order valence-electron chi connectivity index (χ0n) is 10.6. The van der Waals surface area contributed by atoms with Gasteiger partial charge in [0.2, 0.25) is 0 Å². The lowest BCUT2D eigenvalue weighted by atomic mass is 10.0. The number of aryl methyl sites for hydroxylation is 1. The van der Waals surface area contributed by atoms with Crippen molar-refractivity contribution < 1.29 is 0 Å². The Bertz CT molecular complexity index is 486. The molecule has 3 heteroatoms. The summed E-state index contributed by atoms with van der Waals surface area (Å²) in [5, 5.41) is 7.63. The van der Waals surface area contributed by atoms with Gasteiger partial charge in [0.25, 0.3) is 0 Å². The molecule has 1 heterocycles. The zero-order chi connectivity index (χ0) is 12.3. The zero-order valence-corrected chi connectivity index (χ0v) is 10.6.